The van der Waals surface area contributed by atoms with Gasteiger partial charge in [-0.1, -0.05) is 45.4 Å². The van der Waals surface area contributed by atoms with Crippen molar-refractivity contribution in [1.82, 2.24) is 5.32 Å². The number of aryl methyl sites for hydroxylation is 1. The summed E-state index contributed by atoms with van der Waals surface area (Å²) in [4.78, 5) is 26.3. The number of rotatable bonds is 5. The maximum atomic E-state index is 12.7. The van der Waals surface area contributed by atoms with Crippen molar-refractivity contribution in [3.63, 3.8) is 0 Å². The first-order valence-corrected chi connectivity index (χ1v) is 7.71. The second-order valence-electron chi connectivity index (χ2n) is 6.05. The van der Waals surface area contributed by atoms with Crippen LogP contribution in [0.15, 0.2) is 24.3 Å². The van der Waals surface area contributed by atoms with Crippen LogP contribution in [-0.2, 0) is 16.0 Å². The molecule has 1 fully saturated rings. The van der Waals surface area contributed by atoms with Crippen molar-refractivity contribution in [2.45, 2.75) is 46.1 Å². The van der Waals surface area contributed by atoms with E-state index < -0.39 is 6.04 Å². The van der Waals surface area contributed by atoms with E-state index in [9.17, 15) is 9.59 Å². The molecule has 1 saturated heterocycles. The Kier molecular flexibility index (Phi) is 4.99. The van der Waals surface area contributed by atoms with Crippen molar-refractivity contribution in [2.24, 2.45) is 5.92 Å². The van der Waals surface area contributed by atoms with Gasteiger partial charge in [0.25, 0.3) is 0 Å². The fourth-order valence-corrected chi connectivity index (χ4v) is 2.80. The first-order valence-electron chi connectivity index (χ1n) is 7.71. The first-order chi connectivity index (χ1) is 10.0. The summed E-state index contributed by atoms with van der Waals surface area (Å²) >= 11 is 0. The third kappa shape index (κ3) is 3.63. The van der Waals surface area contributed by atoms with E-state index in [1.54, 1.807) is 4.90 Å². The van der Waals surface area contributed by atoms with Crippen LogP contribution in [0.5, 0.6) is 0 Å². The van der Waals surface area contributed by atoms with Crippen LogP contribution in [0.25, 0.3) is 0 Å². The standard InChI is InChI=1S/C17H24N2O2/c1-4-7-13-8-5-6-9-15(13)19-11-16(20)18-14(17(19)21)10-12(2)3/h5-6,8-9,12,14H,4,7,10-11H2,1-3H3,(H,18,20). The van der Waals surface area contributed by atoms with E-state index in [-0.39, 0.29) is 18.4 Å². The Hall–Kier alpha value is -1.84. The number of hydrogen-bond acceptors (Lipinski definition) is 2. The van der Waals surface area contributed by atoms with Gasteiger partial charge in [-0.3, -0.25) is 9.59 Å². The molecule has 2 amide bonds. The lowest BCUT2D eigenvalue weighted by Gasteiger charge is -2.34. The van der Waals surface area contributed by atoms with Crippen LogP contribution >= 0.6 is 0 Å². The van der Waals surface area contributed by atoms with Gasteiger partial charge in [0, 0.05) is 5.69 Å². The summed E-state index contributed by atoms with van der Waals surface area (Å²) in [5.74, 6) is 0.295. The van der Waals surface area contributed by atoms with Crippen LogP contribution in [0, 0.1) is 5.92 Å². The number of carbonyl (C=O) groups excluding carboxylic acids is 2. The largest absolute Gasteiger partial charge is 0.343 e. The van der Waals surface area contributed by atoms with Crippen LogP contribution in [0.1, 0.15) is 39.2 Å². The molecular weight excluding hydrogens is 264 g/mol. The predicted octanol–water partition coefficient (Wildman–Crippen LogP) is 2.52. The number of nitrogens with one attached hydrogen (secondary N) is 1. The molecule has 4 heteroatoms. The molecule has 0 aliphatic carbocycles. The topological polar surface area (TPSA) is 49.4 Å². The molecule has 0 bridgehead atoms. The number of carbonyl (C=O) groups is 2. The molecule has 1 aromatic rings. The summed E-state index contributed by atoms with van der Waals surface area (Å²) in [6.45, 7) is 6.35. The number of para-hydroxylation sites is 1. The molecule has 21 heavy (non-hydrogen) atoms. The number of nitrogens with zero attached hydrogens (tertiary/aromatic N) is 1. The van der Waals surface area contributed by atoms with E-state index in [4.69, 9.17) is 0 Å². The van der Waals surface area contributed by atoms with Crippen LogP contribution < -0.4 is 10.2 Å². The van der Waals surface area contributed by atoms with Crippen LogP contribution in [0.4, 0.5) is 5.69 Å². The SMILES string of the molecule is CCCc1ccccc1N1CC(=O)NC(CC(C)C)C1=O. The monoisotopic (exact) mass is 288 g/mol. The third-order valence-corrected chi connectivity index (χ3v) is 3.71. The van der Waals surface area contributed by atoms with Crippen LogP contribution in [-0.4, -0.2) is 24.4 Å². The molecule has 1 aliphatic rings. The van der Waals surface area contributed by atoms with Gasteiger partial charge in [-0.2, -0.15) is 0 Å². The molecule has 0 radical (unpaired) electrons. The molecule has 1 unspecified atom stereocenters. The zero-order valence-electron chi connectivity index (χ0n) is 13.1. The van der Waals surface area contributed by atoms with Gasteiger partial charge < -0.3 is 10.2 Å². The van der Waals surface area contributed by atoms with E-state index in [0.29, 0.717) is 12.3 Å². The van der Waals surface area contributed by atoms with Gasteiger partial charge in [-0.05, 0) is 30.4 Å². The van der Waals surface area contributed by atoms with Crippen molar-refractivity contribution >= 4 is 17.5 Å². The highest BCUT2D eigenvalue weighted by molar-refractivity contribution is 6.06. The maximum absolute atomic E-state index is 12.7. The van der Waals surface area contributed by atoms with Crippen molar-refractivity contribution in [3.05, 3.63) is 29.8 Å². The van der Waals surface area contributed by atoms with Gasteiger partial charge >= 0.3 is 0 Å². The Morgan fingerprint density at radius 1 is 1.29 bits per heavy atom. The molecule has 1 aliphatic heterocycles. The van der Waals surface area contributed by atoms with E-state index in [1.165, 1.54) is 0 Å². The minimum Gasteiger partial charge on any atom is -0.343 e. The minimum absolute atomic E-state index is 0.00635. The second-order valence-corrected chi connectivity index (χ2v) is 6.05. The number of amides is 2. The van der Waals surface area contributed by atoms with Gasteiger partial charge in [0.1, 0.15) is 12.6 Å². The highest BCUT2D eigenvalue weighted by atomic mass is 16.2. The number of hydrogen-bond donors (Lipinski definition) is 1. The molecule has 114 valence electrons. The molecule has 1 aromatic carbocycles. The molecule has 0 aromatic heterocycles. The molecular formula is C17H24N2O2. The van der Waals surface area contributed by atoms with Gasteiger partial charge in [0.05, 0.1) is 0 Å². The normalized spacial score (nSPS) is 19.0. The zero-order chi connectivity index (χ0) is 15.4. The summed E-state index contributed by atoms with van der Waals surface area (Å²) < 4.78 is 0. The maximum Gasteiger partial charge on any atom is 0.250 e. The lowest BCUT2D eigenvalue weighted by atomic mass is 9.99. The fraction of sp³-hybridized carbons (Fsp3) is 0.529. The lowest BCUT2D eigenvalue weighted by molar-refractivity contribution is -0.131. The van der Waals surface area contributed by atoms with Crippen molar-refractivity contribution in [1.29, 1.82) is 0 Å². The average molecular weight is 288 g/mol. The molecule has 2 rings (SSSR count). The number of benzene rings is 1. The molecule has 4 nitrogen and oxygen atoms in total. The van der Waals surface area contributed by atoms with Gasteiger partial charge in [-0.15, -0.1) is 0 Å². The quantitative estimate of drug-likeness (QED) is 0.905. The Morgan fingerprint density at radius 2 is 2.00 bits per heavy atom. The lowest BCUT2D eigenvalue weighted by Crippen LogP contribution is -2.58. The zero-order valence-corrected chi connectivity index (χ0v) is 13.1. The van der Waals surface area contributed by atoms with E-state index in [1.807, 2.05) is 24.3 Å². The van der Waals surface area contributed by atoms with Gasteiger partial charge in [-0.25, -0.2) is 0 Å². The predicted molar refractivity (Wildman–Crippen MR) is 84.2 cm³/mol. The Bertz CT molecular complexity index is 525. The first kappa shape index (κ1) is 15.5. The highest BCUT2D eigenvalue weighted by Crippen LogP contribution is 2.25. The Balaban J connectivity index is 2.29. The van der Waals surface area contributed by atoms with Gasteiger partial charge in [0.2, 0.25) is 11.8 Å². The minimum atomic E-state index is -0.402. The van der Waals surface area contributed by atoms with Crippen molar-refractivity contribution in [3.8, 4) is 0 Å². The molecule has 1 N–H and O–H groups in total. The number of piperazine rings is 1. The number of anilines is 1. The molecule has 1 heterocycles. The van der Waals surface area contributed by atoms with Crippen LogP contribution in [0.3, 0.4) is 0 Å². The molecule has 0 saturated carbocycles. The summed E-state index contributed by atoms with van der Waals surface area (Å²) in [7, 11) is 0. The Labute approximate surface area is 126 Å². The summed E-state index contributed by atoms with van der Waals surface area (Å²) in [5.41, 5.74) is 2.01. The third-order valence-electron chi connectivity index (χ3n) is 3.71. The van der Waals surface area contributed by atoms with E-state index >= 15 is 0 Å². The average Bonchev–Trinajstić information content (AvgIpc) is 2.43. The summed E-state index contributed by atoms with van der Waals surface area (Å²) in [5, 5.41) is 2.82. The Morgan fingerprint density at radius 3 is 2.67 bits per heavy atom. The van der Waals surface area contributed by atoms with Crippen molar-refractivity contribution in [2.75, 3.05) is 11.4 Å². The van der Waals surface area contributed by atoms with E-state index in [0.717, 1.165) is 24.1 Å². The molecule has 1 atom stereocenters. The highest BCUT2D eigenvalue weighted by Gasteiger charge is 2.34. The molecule has 0 spiro atoms. The van der Waals surface area contributed by atoms with Crippen molar-refractivity contribution < 1.29 is 9.59 Å². The van der Waals surface area contributed by atoms with Gasteiger partial charge in [0.15, 0.2) is 0 Å². The smallest absolute Gasteiger partial charge is 0.250 e. The van der Waals surface area contributed by atoms with Crippen LogP contribution in [0.2, 0.25) is 0 Å². The second kappa shape index (κ2) is 6.74. The summed E-state index contributed by atoms with van der Waals surface area (Å²) in [6, 6.07) is 7.48. The van der Waals surface area contributed by atoms with E-state index in [2.05, 4.69) is 26.1 Å². The fourth-order valence-electron chi connectivity index (χ4n) is 2.80. The summed E-state index contributed by atoms with van der Waals surface area (Å²) in [6.07, 6.45) is 2.61.